The second-order valence-electron chi connectivity index (χ2n) is 12.7. The second-order valence-corrected chi connectivity index (χ2v) is 12.7. The number of benzene rings is 3. The predicted octanol–water partition coefficient (Wildman–Crippen LogP) is 11.6. The van der Waals surface area contributed by atoms with Crippen LogP contribution in [0.3, 0.4) is 0 Å². The molecule has 3 aromatic rings. The monoisotopic (exact) mass is 595 g/mol. The fraction of sp³-hybridized carbons (Fsp3) is 0.178. The fourth-order valence-corrected chi connectivity index (χ4v) is 7.34. The highest BCUT2D eigenvalue weighted by atomic mass is 14.7. The van der Waals surface area contributed by atoms with E-state index in [-0.39, 0.29) is 0 Å². The number of aryl methyl sites for hydroxylation is 1. The van der Waals surface area contributed by atoms with Gasteiger partial charge in [0.05, 0.1) is 5.70 Å². The Morgan fingerprint density at radius 3 is 2.59 bits per heavy atom. The number of hydrogen-bond acceptors (Lipinski definition) is 1. The molecule has 4 aliphatic carbocycles. The third-order valence-corrected chi connectivity index (χ3v) is 9.82. The topological polar surface area (TPSA) is 12.4 Å². The van der Waals surface area contributed by atoms with Crippen LogP contribution in [0.2, 0.25) is 0 Å². The summed E-state index contributed by atoms with van der Waals surface area (Å²) in [6.45, 7) is 7.74. The van der Waals surface area contributed by atoms with Crippen molar-refractivity contribution in [3.63, 3.8) is 0 Å². The van der Waals surface area contributed by atoms with Gasteiger partial charge in [-0.15, -0.1) is 0 Å². The zero-order valence-corrected chi connectivity index (χ0v) is 26.5. The van der Waals surface area contributed by atoms with E-state index in [1.54, 1.807) is 12.2 Å². The Morgan fingerprint density at radius 2 is 1.72 bits per heavy atom. The lowest BCUT2D eigenvalue weighted by Gasteiger charge is -2.33. The van der Waals surface area contributed by atoms with Crippen molar-refractivity contribution < 1.29 is 0 Å². The Kier molecular flexibility index (Phi) is 8.74. The molecular formula is C45H41N. The molecule has 1 nitrogen and oxygen atoms in total. The molecule has 0 N–H and O–H groups in total. The highest BCUT2D eigenvalue weighted by molar-refractivity contribution is 5.91. The number of fused-ring (bicyclic) bond motifs is 2. The van der Waals surface area contributed by atoms with Crippen molar-refractivity contribution in [2.45, 2.75) is 38.0 Å². The standard InChI is InChI=1S/C45H41N/c1-3-12-44(4-2)46-31-40-24-23-39(30-45(40)34-15-6-5-7-16-34)43-28-41(37-21-19-32-13-8-10-17-35(32)25-37)27-42(29-43)38-22-20-33-14-9-11-18-36(33)26-38/h3-10,12-16,19-27,30-31,35,41,43H,1-2,11,17-18,28-29H2/b44-12+,46-31?. The van der Waals surface area contributed by atoms with Crippen LogP contribution < -0.4 is 0 Å². The van der Waals surface area contributed by atoms with Crippen molar-refractivity contribution in [1.29, 1.82) is 0 Å². The zero-order chi connectivity index (χ0) is 31.3. The minimum atomic E-state index is 0.369. The first-order valence-corrected chi connectivity index (χ1v) is 16.6. The van der Waals surface area contributed by atoms with Crippen molar-refractivity contribution in [2.24, 2.45) is 16.8 Å². The van der Waals surface area contributed by atoms with Crippen molar-refractivity contribution in [1.82, 2.24) is 0 Å². The van der Waals surface area contributed by atoms with Crippen LogP contribution in [-0.2, 0) is 6.42 Å². The van der Waals surface area contributed by atoms with Gasteiger partial charge in [0.1, 0.15) is 0 Å². The number of nitrogens with zero attached hydrogens (tertiary/aromatic N) is 1. The smallest absolute Gasteiger partial charge is 0.0623 e. The average molecular weight is 596 g/mol. The highest BCUT2D eigenvalue weighted by Gasteiger charge is 2.29. The molecule has 0 saturated heterocycles. The van der Waals surface area contributed by atoms with Crippen LogP contribution in [0.15, 0.2) is 169 Å². The molecule has 0 fully saturated rings. The Morgan fingerprint density at radius 1 is 0.826 bits per heavy atom. The van der Waals surface area contributed by atoms with Gasteiger partial charge >= 0.3 is 0 Å². The van der Waals surface area contributed by atoms with Crippen LogP contribution >= 0.6 is 0 Å². The normalized spacial score (nSPS) is 22.0. The van der Waals surface area contributed by atoms with Crippen LogP contribution in [0.5, 0.6) is 0 Å². The lowest BCUT2D eigenvalue weighted by molar-refractivity contribution is 0.540. The summed E-state index contributed by atoms with van der Waals surface area (Å²) in [7, 11) is 0. The van der Waals surface area contributed by atoms with Gasteiger partial charge in [0, 0.05) is 23.6 Å². The van der Waals surface area contributed by atoms with Gasteiger partial charge in [-0.1, -0.05) is 141 Å². The number of aliphatic imine (C=N–C) groups is 1. The lowest BCUT2D eigenvalue weighted by Crippen LogP contribution is -2.17. The summed E-state index contributed by atoms with van der Waals surface area (Å²) in [6.07, 6.45) is 34.0. The SMILES string of the molecule is C=C/C=C(\C=C)N=Cc1ccc(C2CC(c3ccc4c(c3)CCC=C4)=CC(C3=CC4CC=CC=C4C=C3)C2)cc1-c1ccccc1. The quantitative estimate of drug-likeness (QED) is 0.181. The first-order chi connectivity index (χ1) is 22.7. The molecule has 0 aliphatic heterocycles. The first-order valence-electron chi connectivity index (χ1n) is 16.6. The summed E-state index contributed by atoms with van der Waals surface area (Å²) in [5, 5.41) is 0. The molecule has 1 heteroatoms. The maximum absolute atomic E-state index is 4.73. The summed E-state index contributed by atoms with van der Waals surface area (Å²) < 4.78 is 0. The summed E-state index contributed by atoms with van der Waals surface area (Å²) in [5.74, 6) is 1.25. The van der Waals surface area contributed by atoms with Gasteiger partial charge in [-0.05, 0) is 100 Å². The molecule has 226 valence electrons. The Balaban J connectivity index is 1.28. The van der Waals surface area contributed by atoms with Gasteiger partial charge < -0.3 is 0 Å². The Hall–Kier alpha value is -5.01. The van der Waals surface area contributed by atoms with Crippen molar-refractivity contribution >= 4 is 17.9 Å². The molecule has 3 aromatic carbocycles. The lowest BCUT2D eigenvalue weighted by atomic mass is 9.72. The van der Waals surface area contributed by atoms with E-state index >= 15 is 0 Å². The largest absolute Gasteiger partial charge is 0.256 e. The third kappa shape index (κ3) is 6.37. The Bertz CT molecular complexity index is 1900. The molecule has 4 aliphatic rings. The predicted molar refractivity (Wildman–Crippen MR) is 198 cm³/mol. The summed E-state index contributed by atoms with van der Waals surface area (Å²) in [4.78, 5) is 4.73. The molecule has 3 atom stereocenters. The molecule has 7 rings (SSSR count). The van der Waals surface area contributed by atoms with Gasteiger partial charge in [-0.3, -0.25) is 4.99 Å². The number of hydrogen-bond donors (Lipinski definition) is 0. The van der Waals surface area contributed by atoms with E-state index in [1.165, 1.54) is 50.1 Å². The molecule has 0 heterocycles. The minimum Gasteiger partial charge on any atom is -0.256 e. The van der Waals surface area contributed by atoms with E-state index < -0.39 is 0 Å². The number of rotatable bonds is 8. The summed E-state index contributed by atoms with van der Waals surface area (Å²) in [5.41, 5.74) is 14.3. The van der Waals surface area contributed by atoms with E-state index in [4.69, 9.17) is 4.99 Å². The van der Waals surface area contributed by atoms with E-state index in [1.807, 2.05) is 12.3 Å². The van der Waals surface area contributed by atoms with E-state index in [0.717, 1.165) is 43.4 Å². The molecule has 3 unspecified atom stereocenters. The average Bonchev–Trinajstić information content (AvgIpc) is 3.13. The van der Waals surface area contributed by atoms with Crippen LogP contribution in [0.4, 0.5) is 0 Å². The molecule has 0 aromatic heterocycles. The van der Waals surface area contributed by atoms with Crippen molar-refractivity contribution in [2.75, 3.05) is 0 Å². The summed E-state index contributed by atoms with van der Waals surface area (Å²) in [6, 6.07) is 24.8. The number of allylic oxidation sites excluding steroid dienone is 14. The van der Waals surface area contributed by atoms with E-state index in [0.29, 0.717) is 17.8 Å². The molecule has 0 radical (unpaired) electrons. The van der Waals surface area contributed by atoms with Crippen molar-refractivity contribution in [3.05, 3.63) is 191 Å². The molecular weight excluding hydrogens is 555 g/mol. The molecule has 0 saturated carbocycles. The molecule has 0 spiro atoms. The van der Waals surface area contributed by atoms with Crippen LogP contribution in [0.25, 0.3) is 22.8 Å². The zero-order valence-electron chi connectivity index (χ0n) is 26.5. The molecule has 0 amide bonds. The van der Waals surface area contributed by atoms with Gasteiger partial charge in [-0.25, -0.2) is 0 Å². The fourth-order valence-electron chi connectivity index (χ4n) is 7.34. The van der Waals surface area contributed by atoms with Crippen molar-refractivity contribution in [3.8, 4) is 11.1 Å². The Labute approximate surface area is 274 Å². The van der Waals surface area contributed by atoms with Crippen LogP contribution in [0.1, 0.15) is 59.4 Å². The third-order valence-electron chi connectivity index (χ3n) is 9.82. The molecule has 0 bridgehead atoms. The maximum Gasteiger partial charge on any atom is 0.0623 e. The summed E-state index contributed by atoms with van der Waals surface area (Å²) >= 11 is 0. The van der Waals surface area contributed by atoms with E-state index in [9.17, 15) is 0 Å². The maximum atomic E-state index is 4.73. The minimum absolute atomic E-state index is 0.369. The van der Waals surface area contributed by atoms with Gasteiger partial charge in [-0.2, -0.15) is 0 Å². The molecule has 46 heavy (non-hydrogen) atoms. The first kappa shape index (κ1) is 29.7. The van der Waals surface area contributed by atoms with E-state index in [2.05, 4.69) is 135 Å². The highest BCUT2D eigenvalue weighted by Crippen LogP contribution is 2.45. The van der Waals surface area contributed by atoms with Gasteiger partial charge in [0.2, 0.25) is 0 Å². The second kappa shape index (κ2) is 13.5. The van der Waals surface area contributed by atoms with Gasteiger partial charge in [0.25, 0.3) is 0 Å². The van der Waals surface area contributed by atoms with Crippen LogP contribution in [0, 0.1) is 11.8 Å². The van der Waals surface area contributed by atoms with Gasteiger partial charge in [0.15, 0.2) is 0 Å². The van der Waals surface area contributed by atoms with Crippen LogP contribution in [-0.4, -0.2) is 6.21 Å².